The van der Waals surface area contributed by atoms with Crippen LogP contribution in [0.15, 0.2) is 35.1 Å². The first-order chi connectivity index (χ1) is 9.63. The average Bonchev–Trinajstić information content (AvgIpc) is 2.84. The molecule has 1 N–H and O–H groups in total. The molecule has 0 spiro atoms. The van der Waals surface area contributed by atoms with Gasteiger partial charge in [-0.3, -0.25) is 0 Å². The van der Waals surface area contributed by atoms with E-state index < -0.39 is 0 Å². The lowest BCUT2D eigenvalue weighted by atomic mass is 10.0. The second-order valence-corrected chi connectivity index (χ2v) is 5.54. The number of hydrogen-bond donors (Lipinski definition) is 1. The van der Waals surface area contributed by atoms with E-state index in [4.69, 9.17) is 0 Å². The number of rotatable bonds is 6. The predicted octanol–water partition coefficient (Wildman–Crippen LogP) is 3.61. The van der Waals surface area contributed by atoms with Gasteiger partial charge >= 0.3 is 0 Å². The second kappa shape index (κ2) is 6.99. The summed E-state index contributed by atoms with van der Waals surface area (Å²) in [6.07, 6.45) is 5.47. The molecule has 0 aliphatic rings. The number of nitrogens with one attached hydrogen (secondary N) is 1. The molecule has 0 amide bonds. The summed E-state index contributed by atoms with van der Waals surface area (Å²) in [6, 6.07) is 5.29. The van der Waals surface area contributed by atoms with Gasteiger partial charge in [-0.05, 0) is 40.5 Å². The van der Waals surface area contributed by atoms with Crippen molar-refractivity contribution in [3.8, 4) is 0 Å². The molecule has 5 heteroatoms. The molecular weight excluding hydrogens is 321 g/mol. The Labute approximate surface area is 127 Å². The van der Waals surface area contributed by atoms with Gasteiger partial charge < -0.3 is 9.88 Å². The molecule has 0 saturated heterocycles. The van der Waals surface area contributed by atoms with Gasteiger partial charge in [-0.15, -0.1) is 0 Å². The molecule has 0 bridgehead atoms. The van der Waals surface area contributed by atoms with Gasteiger partial charge in [0.2, 0.25) is 0 Å². The molecule has 0 radical (unpaired) electrons. The fourth-order valence-electron chi connectivity index (χ4n) is 2.31. The summed E-state index contributed by atoms with van der Waals surface area (Å²) in [4.78, 5) is 4.33. The minimum Gasteiger partial charge on any atom is -0.338 e. The van der Waals surface area contributed by atoms with Crippen LogP contribution in [-0.2, 0) is 13.5 Å². The number of hydrogen-bond acceptors (Lipinski definition) is 2. The van der Waals surface area contributed by atoms with Crippen LogP contribution >= 0.6 is 15.9 Å². The van der Waals surface area contributed by atoms with Crippen LogP contribution in [0.25, 0.3) is 0 Å². The Kier molecular flexibility index (Phi) is 5.31. The second-order valence-electron chi connectivity index (χ2n) is 4.75. The van der Waals surface area contributed by atoms with Crippen molar-refractivity contribution in [2.45, 2.75) is 25.8 Å². The molecule has 2 aromatic rings. The van der Waals surface area contributed by atoms with Crippen LogP contribution in [0.4, 0.5) is 4.39 Å². The van der Waals surface area contributed by atoms with Gasteiger partial charge in [-0.2, -0.15) is 0 Å². The number of halogens is 2. The SMILES string of the molecule is CCNC(CCc1nccn1C)c1cccc(F)c1Br. The molecule has 0 saturated carbocycles. The predicted molar refractivity (Wildman–Crippen MR) is 82.0 cm³/mol. The van der Waals surface area contributed by atoms with Crippen molar-refractivity contribution in [2.24, 2.45) is 7.05 Å². The van der Waals surface area contributed by atoms with Gasteiger partial charge in [0.25, 0.3) is 0 Å². The summed E-state index contributed by atoms with van der Waals surface area (Å²) in [5.74, 6) is 0.822. The van der Waals surface area contributed by atoms with Gasteiger partial charge in [-0.25, -0.2) is 9.37 Å². The first-order valence-electron chi connectivity index (χ1n) is 6.77. The third-order valence-electron chi connectivity index (χ3n) is 3.38. The van der Waals surface area contributed by atoms with Crippen molar-refractivity contribution in [3.05, 3.63) is 52.3 Å². The first kappa shape index (κ1) is 15.2. The lowest BCUT2D eigenvalue weighted by molar-refractivity contribution is 0.499. The summed E-state index contributed by atoms with van der Waals surface area (Å²) >= 11 is 3.35. The maximum atomic E-state index is 13.7. The molecule has 0 aliphatic carbocycles. The zero-order valence-electron chi connectivity index (χ0n) is 11.7. The summed E-state index contributed by atoms with van der Waals surface area (Å²) in [7, 11) is 1.99. The van der Waals surface area contributed by atoms with E-state index in [1.807, 2.05) is 23.9 Å². The zero-order valence-corrected chi connectivity index (χ0v) is 13.3. The van der Waals surface area contributed by atoms with Crippen LogP contribution in [0, 0.1) is 5.82 Å². The topological polar surface area (TPSA) is 29.9 Å². The molecule has 20 heavy (non-hydrogen) atoms. The third-order valence-corrected chi connectivity index (χ3v) is 4.22. The van der Waals surface area contributed by atoms with E-state index in [-0.39, 0.29) is 11.9 Å². The summed E-state index contributed by atoms with van der Waals surface area (Å²) in [5.41, 5.74) is 0.959. The normalized spacial score (nSPS) is 12.6. The largest absolute Gasteiger partial charge is 0.338 e. The highest BCUT2D eigenvalue weighted by Gasteiger charge is 2.16. The van der Waals surface area contributed by atoms with E-state index in [9.17, 15) is 4.39 Å². The molecule has 1 heterocycles. The Morgan fingerprint density at radius 2 is 2.25 bits per heavy atom. The molecule has 1 aromatic carbocycles. The Bertz CT molecular complexity index is 568. The first-order valence-corrected chi connectivity index (χ1v) is 7.56. The molecular formula is C15H19BrFN3. The van der Waals surface area contributed by atoms with E-state index >= 15 is 0 Å². The van der Waals surface area contributed by atoms with Crippen molar-refractivity contribution in [3.63, 3.8) is 0 Å². The molecule has 0 fully saturated rings. The number of aromatic nitrogens is 2. The van der Waals surface area contributed by atoms with Crippen LogP contribution in [-0.4, -0.2) is 16.1 Å². The fourth-order valence-corrected chi connectivity index (χ4v) is 2.86. The van der Waals surface area contributed by atoms with Crippen LogP contribution in [0.3, 0.4) is 0 Å². The van der Waals surface area contributed by atoms with Gasteiger partial charge in [0.05, 0.1) is 4.47 Å². The third kappa shape index (κ3) is 3.46. The van der Waals surface area contributed by atoms with Crippen molar-refractivity contribution >= 4 is 15.9 Å². The highest BCUT2D eigenvalue weighted by Crippen LogP contribution is 2.28. The van der Waals surface area contributed by atoms with Gasteiger partial charge in [-0.1, -0.05) is 19.1 Å². The lowest BCUT2D eigenvalue weighted by Gasteiger charge is -2.20. The number of aryl methyl sites for hydroxylation is 2. The quantitative estimate of drug-likeness (QED) is 0.871. The van der Waals surface area contributed by atoms with Crippen LogP contribution in [0.2, 0.25) is 0 Å². The minimum absolute atomic E-state index is 0.113. The standard InChI is InChI=1S/C15H19BrFN3/c1-3-18-13(7-8-14-19-9-10-20(14)2)11-5-4-6-12(17)15(11)16/h4-6,9-10,13,18H,3,7-8H2,1-2H3. The molecule has 108 valence electrons. The zero-order chi connectivity index (χ0) is 14.5. The Morgan fingerprint density at radius 3 is 2.90 bits per heavy atom. The van der Waals surface area contributed by atoms with Crippen LogP contribution < -0.4 is 5.32 Å². The van der Waals surface area contributed by atoms with Gasteiger partial charge in [0, 0.05) is 31.9 Å². The van der Waals surface area contributed by atoms with Crippen LogP contribution in [0.5, 0.6) is 0 Å². The van der Waals surface area contributed by atoms with Gasteiger partial charge in [0.15, 0.2) is 0 Å². The Morgan fingerprint density at radius 1 is 1.45 bits per heavy atom. The van der Waals surface area contributed by atoms with Crippen molar-refractivity contribution in [1.82, 2.24) is 14.9 Å². The highest BCUT2D eigenvalue weighted by molar-refractivity contribution is 9.10. The van der Waals surface area contributed by atoms with Crippen molar-refractivity contribution < 1.29 is 4.39 Å². The maximum Gasteiger partial charge on any atom is 0.137 e. The lowest BCUT2D eigenvalue weighted by Crippen LogP contribution is -2.22. The molecule has 2 rings (SSSR count). The molecule has 3 nitrogen and oxygen atoms in total. The van der Waals surface area contributed by atoms with Crippen molar-refractivity contribution in [2.75, 3.05) is 6.54 Å². The maximum absolute atomic E-state index is 13.7. The van der Waals surface area contributed by atoms with Crippen molar-refractivity contribution in [1.29, 1.82) is 0 Å². The highest BCUT2D eigenvalue weighted by atomic mass is 79.9. The Hall–Kier alpha value is -1.20. The fraction of sp³-hybridized carbons (Fsp3) is 0.400. The minimum atomic E-state index is -0.220. The molecule has 1 atom stereocenters. The molecule has 1 unspecified atom stereocenters. The number of benzene rings is 1. The number of imidazole rings is 1. The number of nitrogens with zero attached hydrogens (tertiary/aromatic N) is 2. The summed E-state index contributed by atoms with van der Waals surface area (Å²) < 4.78 is 16.2. The summed E-state index contributed by atoms with van der Waals surface area (Å²) in [5, 5.41) is 3.42. The van der Waals surface area contributed by atoms with E-state index in [0.717, 1.165) is 30.8 Å². The van der Waals surface area contributed by atoms with E-state index in [2.05, 4.69) is 33.2 Å². The summed E-state index contributed by atoms with van der Waals surface area (Å²) in [6.45, 7) is 2.90. The average molecular weight is 340 g/mol. The van der Waals surface area contributed by atoms with E-state index in [0.29, 0.717) is 4.47 Å². The molecule has 0 aliphatic heterocycles. The van der Waals surface area contributed by atoms with Crippen LogP contribution in [0.1, 0.15) is 30.8 Å². The Balaban J connectivity index is 2.14. The smallest absolute Gasteiger partial charge is 0.137 e. The molecule has 1 aromatic heterocycles. The van der Waals surface area contributed by atoms with E-state index in [1.54, 1.807) is 12.3 Å². The van der Waals surface area contributed by atoms with Gasteiger partial charge in [0.1, 0.15) is 11.6 Å². The van der Waals surface area contributed by atoms with E-state index in [1.165, 1.54) is 6.07 Å². The monoisotopic (exact) mass is 339 g/mol.